The number of carbonyl (C=O) groups is 1. The highest BCUT2D eigenvalue weighted by Gasteiger charge is 2.10. The average Bonchev–Trinajstić information content (AvgIpc) is 3.19. The third kappa shape index (κ3) is 5.93. The molecule has 0 fully saturated rings. The first-order valence-electron chi connectivity index (χ1n) is 10.8. The molecule has 0 aliphatic carbocycles. The Kier molecular flexibility index (Phi) is 7.29. The number of aromatic nitrogens is 3. The van der Waals surface area contributed by atoms with Crippen LogP contribution in [-0.4, -0.2) is 27.0 Å². The molecular formula is C26H27N3O3S. The summed E-state index contributed by atoms with van der Waals surface area (Å²) in [6.07, 6.45) is 3.49. The van der Waals surface area contributed by atoms with Crippen LogP contribution in [0.25, 0.3) is 10.9 Å². The molecule has 0 bridgehead atoms. The van der Waals surface area contributed by atoms with E-state index < -0.39 is 0 Å². The lowest BCUT2D eigenvalue weighted by atomic mass is 10.0. The van der Waals surface area contributed by atoms with Gasteiger partial charge in [0.15, 0.2) is 5.12 Å². The highest BCUT2D eigenvalue weighted by Crippen LogP contribution is 2.28. The van der Waals surface area contributed by atoms with Crippen LogP contribution < -0.4 is 9.47 Å². The number of hydrogen-bond donors (Lipinski definition) is 0. The normalized spacial score (nSPS) is 11.0. The Balaban J connectivity index is 1.49. The third-order valence-electron chi connectivity index (χ3n) is 5.40. The molecule has 6 nitrogen and oxygen atoms in total. The number of hydrogen-bond acceptors (Lipinski definition) is 6. The summed E-state index contributed by atoms with van der Waals surface area (Å²) in [7, 11) is 3.61. The third-order valence-corrected chi connectivity index (χ3v) is 6.25. The zero-order valence-corrected chi connectivity index (χ0v) is 19.9. The summed E-state index contributed by atoms with van der Waals surface area (Å²) in [6, 6.07) is 18.2. The maximum Gasteiger partial charge on any atom is 0.186 e. The molecule has 2 heterocycles. The Morgan fingerprint density at radius 1 is 1.06 bits per heavy atom. The predicted molar refractivity (Wildman–Crippen MR) is 132 cm³/mol. The van der Waals surface area contributed by atoms with Gasteiger partial charge in [-0.3, -0.25) is 14.5 Å². The number of carbonyl (C=O) groups excluding carboxylic acids is 1. The van der Waals surface area contributed by atoms with E-state index in [2.05, 4.69) is 34.3 Å². The van der Waals surface area contributed by atoms with Gasteiger partial charge in [0.25, 0.3) is 0 Å². The van der Waals surface area contributed by atoms with E-state index in [1.54, 1.807) is 20.2 Å². The number of aryl methyl sites for hydroxylation is 3. The van der Waals surface area contributed by atoms with Crippen molar-refractivity contribution in [1.29, 1.82) is 0 Å². The van der Waals surface area contributed by atoms with Gasteiger partial charge in [0.05, 0.1) is 12.8 Å². The van der Waals surface area contributed by atoms with Crippen molar-refractivity contribution in [1.82, 2.24) is 14.8 Å². The molecule has 0 saturated heterocycles. The summed E-state index contributed by atoms with van der Waals surface area (Å²) in [5.74, 6) is 2.21. The van der Waals surface area contributed by atoms with Crippen molar-refractivity contribution >= 4 is 27.8 Å². The molecule has 33 heavy (non-hydrogen) atoms. The van der Waals surface area contributed by atoms with Gasteiger partial charge in [-0.05, 0) is 60.4 Å². The Bertz CT molecular complexity index is 1250. The summed E-state index contributed by atoms with van der Waals surface area (Å²) in [5, 5.41) is 5.70. The van der Waals surface area contributed by atoms with Crippen LogP contribution >= 0.6 is 11.8 Å². The maximum absolute atomic E-state index is 11.2. The molecule has 0 aliphatic heterocycles. The molecular weight excluding hydrogens is 434 g/mol. The molecule has 170 valence electrons. The van der Waals surface area contributed by atoms with E-state index in [0.29, 0.717) is 12.4 Å². The van der Waals surface area contributed by atoms with Gasteiger partial charge in [-0.2, -0.15) is 5.10 Å². The van der Waals surface area contributed by atoms with E-state index >= 15 is 0 Å². The minimum absolute atomic E-state index is 0.106. The minimum Gasteiger partial charge on any atom is -0.497 e. The summed E-state index contributed by atoms with van der Waals surface area (Å²) in [4.78, 5) is 15.8. The molecule has 2 aromatic carbocycles. The number of benzene rings is 2. The number of rotatable bonds is 9. The van der Waals surface area contributed by atoms with Gasteiger partial charge >= 0.3 is 0 Å². The molecule has 0 spiro atoms. The van der Waals surface area contributed by atoms with Gasteiger partial charge in [-0.25, -0.2) is 0 Å². The van der Waals surface area contributed by atoms with Crippen molar-refractivity contribution in [3.63, 3.8) is 0 Å². The highest BCUT2D eigenvalue weighted by molar-refractivity contribution is 8.12. The number of nitrogens with zero attached hydrogens (tertiary/aromatic N) is 3. The van der Waals surface area contributed by atoms with Crippen LogP contribution in [0.4, 0.5) is 0 Å². The van der Waals surface area contributed by atoms with E-state index in [4.69, 9.17) is 9.47 Å². The molecule has 0 aliphatic rings. The molecule has 0 unspecified atom stereocenters. The van der Waals surface area contributed by atoms with Crippen molar-refractivity contribution in [3.05, 3.63) is 83.3 Å². The van der Waals surface area contributed by atoms with Crippen molar-refractivity contribution in [2.75, 3.05) is 7.11 Å². The molecule has 2 aromatic heterocycles. The summed E-state index contributed by atoms with van der Waals surface area (Å²) in [6.45, 7) is 2.04. The average molecular weight is 462 g/mol. The number of ether oxygens (including phenoxy) is 2. The standard InChI is InChI=1S/C26H27N3O3S/c1-18(30)33-17-22-15-23(29(2)28-22)9-6-20-13-21-5-4-12-27-26(21)25(14-20)32-16-19-7-10-24(31-3)11-8-19/h4-5,7-8,10-15H,6,9,16-17H2,1-3H3. The smallest absolute Gasteiger partial charge is 0.186 e. The fourth-order valence-corrected chi connectivity index (χ4v) is 4.17. The van der Waals surface area contributed by atoms with E-state index in [1.165, 1.54) is 17.3 Å². The molecule has 0 radical (unpaired) electrons. The maximum atomic E-state index is 11.2. The first-order valence-corrected chi connectivity index (χ1v) is 11.8. The van der Waals surface area contributed by atoms with Crippen LogP contribution in [0.2, 0.25) is 0 Å². The SMILES string of the molecule is COc1ccc(COc2cc(CCc3cc(CSC(C)=O)nn3C)cc3cccnc23)cc1. The summed E-state index contributed by atoms with van der Waals surface area (Å²) in [5.41, 5.74) is 5.18. The Hall–Kier alpha value is -3.32. The Labute approximate surface area is 197 Å². The van der Waals surface area contributed by atoms with E-state index in [1.807, 2.05) is 42.1 Å². The van der Waals surface area contributed by atoms with Crippen LogP contribution in [0.15, 0.2) is 60.8 Å². The first-order chi connectivity index (χ1) is 16.0. The fourth-order valence-electron chi connectivity index (χ4n) is 3.68. The molecule has 0 atom stereocenters. The zero-order valence-electron chi connectivity index (χ0n) is 19.1. The van der Waals surface area contributed by atoms with Gasteiger partial charge in [0.2, 0.25) is 0 Å². The number of thioether (sulfide) groups is 1. The van der Waals surface area contributed by atoms with Gasteiger partial charge in [-0.1, -0.05) is 30.0 Å². The van der Waals surface area contributed by atoms with Crippen LogP contribution in [0, 0.1) is 0 Å². The molecule has 7 heteroatoms. The van der Waals surface area contributed by atoms with Crippen LogP contribution in [-0.2, 0) is 37.0 Å². The van der Waals surface area contributed by atoms with Crippen molar-refractivity contribution in [2.45, 2.75) is 32.1 Å². The Morgan fingerprint density at radius 2 is 1.88 bits per heavy atom. The largest absolute Gasteiger partial charge is 0.497 e. The second kappa shape index (κ2) is 10.5. The first kappa shape index (κ1) is 22.9. The molecule has 4 rings (SSSR count). The molecule has 4 aromatic rings. The predicted octanol–water partition coefficient (Wildman–Crippen LogP) is 5.12. The summed E-state index contributed by atoms with van der Waals surface area (Å²) >= 11 is 1.28. The molecule has 0 saturated carbocycles. The van der Waals surface area contributed by atoms with Gasteiger partial charge < -0.3 is 9.47 Å². The van der Waals surface area contributed by atoms with Crippen LogP contribution in [0.5, 0.6) is 11.5 Å². The number of fused-ring (bicyclic) bond motifs is 1. The monoisotopic (exact) mass is 461 g/mol. The lowest BCUT2D eigenvalue weighted by Gasteiger charge is -2.12. The zero-order chi connectivity index (χ0) is 23.2. The van der Waals surface area contributed by atoms with Gasteiger partial charge in [0, 0.05) is 37.0 Å². The summed E-state index contributed by atoms with van der Waals surface area (Å²) < 4.78 is 13.3. The van der Waals surface area contributed by atoms with Crippen molar-refractivity contribution in [3.8, 4) is 11.5 Å². The Morgan fingerprint density at radius 3 is 2.64 bits per heavy atom. The van der Waals surface area contributed by atoms with Crippen molar-refractivity contribution < 1.29 is 14.3 Å². The van der Waals surface area contributed by atoms with Crippen LogP contribution in [0.1, 0.15) is 29.4 Å². The quantitative estimate of drug-likeness (QED) is 0.345. The lowest BCUT2D eigenvalue weighted by Crippen LogP contribution is -2.02. The second-order valence-electron chi connectivity index (χ2n) is 7.84. The van der Waals surface area contributed by atoms with Crippen molar-refractivity contribution in [2.24, 2.45) is 7.05 Å². The van der Waals surface area contributed by atoms with Gasteiger partial charge in [0.1, 0.15) is 23.6 Å². The lowest BCUT2D eigenvalue weighted by molar-refractivity contribution is -0.109. The number of pyridine rings is 1. The van der Waals surface area contributed by atoms with E-state index in [9.17, 15) is 4.79 Å². The van der Waals surface area contributed by atoms with Gasteiger partial charge in [-0.15, -0.1) is 0 Å². The molecule has 0 N–H and O–H groups in total. The topological polar surface area (TPSA) is 66.2 Å². The van der Waals surface area contributed by atoms with E-state index in [-0.39, 0.29) is 5.12 Å². The molecule has 0 amide bonds. The second-order valence-corrected chi connectivity index (χ2v) is 8.99. The fraction of sp³-hybridized carbons (Fsp3) is 0.269. The highest BCUT2D eigenvalue weighted by atomic mass is 32.2. The number of methoxy groups -OCH3 is 1. The van der Waals surface area contributed by atoms with Crippen LogP contribution in [0.3, 0.4) is 0 Å². The minimum atomic E-state index is 0.106. The van der Waals surface area contributed by atoms with E-state index in [0.717, 1.165) is 52.2 Å².